The van der Waals surface area contributed by atoms with E-state index in [2.05, 4.69) is 20.5 Å². The number of nitrogens with zero attached hydrogens (tertiary/aromatic N) is 2. The Hall–Kier alpha value is -0.850. The van der Waals surface area contributed by atoms with Gasteiger partial charge in [0.15, 0.2) is 5.13 Å². The minimum Gasteiger partial charge on any atom is -0.365 e. The van der Waals surface area contributed by atoms with Crippen LogP contribution >= 0.6 is 23.7 Å². The molecule has 2 N–H and O–H groups in total. The molecule has 0 unspecified atom stereocenters. The van der Waals surface area contributed by atoms with E-state index in [9.17, 15) is 4.79 Å². The van der Waals surface area contributed by atoms with E-state index in [0.717, 1.165) is 11.7 Å². The highest BCUT2D eigenvalue weighted by molar-refractivity contribution is 7.17. The van der Waals surface area contributed by atoms with Crippen LogP contribution in [0.2, 0.25) is 0 Å². The van der Waals surface area contributed by atoms with Gasteiger partial charge in [-0.25, -0.2) is 4.98 Å². The molecule has 7 heteroatoms. The first-order valence-electron chi connectivity index (χ1n) is 6.43. The monoisotopic (exact) mass is 302 g/mol. The summed E-state index contributed by atoms with van der Waals surface area (Å²) in [5.74, 6) is 0.684. The third kappa shape index (κ3) is 3.01. The number of fused-ring (bicyclic) bond motifs is 3. The fourth-order valence-corrected chi connectivity index (χ4v) is 3.54. The van der Waals surface area contributed by atoms with Crippen LogP contribution in [0.4, 0.5) is 5.13 Å². The van der Waals surface area contributed by atoms with Gasteiger partial charge in [0.05, 0.1) is 6.20 Å². The summed E-state index contributed by atoms with van der Waals surface area (Å²) in [6.07, 6.45) is 4.08. The molecule has 3 fully saturated rings. The van der Waals surface area contributed by atoms with Gasteiger partial charge in [-0.05, 0) is 31.8 Å². The van der Waals surface area contributed by atoms with Crippen molar-refractivity contribution in [2.24, 2.45) is 5.92 Å². The topological polar surface area (TPSA) is 57.3 Å². The lowest BCUT2D eigenvalue weighted by Crippen LogP contribution is -2.57. The first kappa shape index (κ1) is 14.6. The molecule has 4 heterocycles. The largest absolute Gasteiger partial charge is 0.365 e. The van der Waals surface area contributed by atoms with Gasteiger partial charge in [0.1, 0.15) is 4.88 Å². The van der Waals surface area contributed by atoms with Crippen LogP contribution in [-0.2, 0) is 0 Å². The zero-order valence-electron chi connectivity index (χ0n) is 10.9. The summed E-state index contributed by atoms with van der Waals surface area (Å²) in [5, 5.41) is 6.90. The van der Waals surface area contributed by atoms with Gasteiger partial charge in [-0.15, -0.1) is 12.4 Å². The van der Waals surface area contributed by atoms with Crippen molar-refractivity contribution < 1.29 is 4.79 Å². The SMILES string of the molecule is CNc1ncc(C(=O)N[C@H]2CN3CCC2CC3)s1.Cl. The van der Waals surface area contributed by atoms with Crippen LogP contribution in [0.1, 0.15) is 22.5 Å². The van der Waals surface area contributed by atoms with Crippen molar-refractivity contribution in [3.8, 4) is 0 Å². The molecule has 0 aliphatic carbocycles. The highest BCUT2D eigenvalue weighted by Gasteiger charge is 2.35. The molecule has 0 radical (unpaired) electrons. The van der Waals surface area contributed by atoms with Crippen molar-refractivity contribution in [2.75, 3.05) is 32.0 Å². The maximum absolute atomic E-state index is 12.1. The van der Waals surface area contributed by atoms with Gasteiger partial charge in [0.25, 0.3) is 5.91 Å². The van der Waals surface area contributed by atoms with Crippen molar-refractivity contribution in [2.45, 2.75) is 18.9 Å². The Morgan fingerprint density at radius 3 is 2.74 bits per heavy atom. The standard InChI is InChI=1S/C12H18N4OS.ClH/c1-13-12-14-6-10(18-12)11(17)15-9-7-16-4-2-8(9)3-5-16;/h6,8-9H,2-5,7H2,1H3,(H,13,14)(H,15,17);1H/t9-;/m0./s1. The molecule has 3 aliphatic heterocycles. The lowest BCUT2D eigenvalue weighted by molar-refractivity contribution is 0.0622. The van der Waals surface area contributed by atoms with E-state index < -0.39 is 0 Å². The maximum atomic E-state index is 12.1. The Balaban J connectivity index is 0.00000133. The molecule has 1 aromatic rings. The second kappa shape index (κ2) is 6.07. The molecule has 19 heavy (non-hydrogen) atoms. The van der Waals surface area contributed by atoms with Gasteiger partial charge >= 0.3 is 0 Å². The Kier molecular flexibility index (Phi) is 4.65. The molecular formula is C12H19ClN4OS. The van der Waals surface area contributed by atoms with Crippen molar-refractivity contribution >= 4 is 34.8 Å². The van der Waals surface area contributed by atoms with Gasteiger partial charge in [-0.3, -0.25) is 4.79 Å². The Bertz CT molecular complexity index is 445. The number of hydrogen-bond acceptors (Lipinski definition) is 5. The van der Waals surface area contributed by atoms with Gasteiger partial charge in [-0.1, -0.05) is 11.3 Å². The van der Waals surface area contributed by atoms with Gasteiger partial charge in [-0.2, -0.15) is 0 Å². The van der Waals surface area contributed by atoms with Crippen LogP contribution in [-0.4, -0.2) is 48.5 Å². The predicted octanol–water partition coefficient (Wildman–Crippen LogP) is 1.43. The summed E-state index contributed by atoms with van der Waals surface area (Å²) >= 11 is 1.40. The molecule has 106 valence electrons. The van der Waals surface area contributed by atoms with Crippen molar-refractivity contribution in [1.29, 1.82) is 0 Å². The number of aromatic nitrogens is 1. The molecular weight excluding hydrogens is 284 g/mol. The normalized spacial score (nSPS) is 28.6. The molecule has 5 nitrogen and oxygen atoms in total. The van der Waals surface area contributed by atoms with Crippen molar-refractivity contribution in [3.05, 3.63) is 11.1 Å². The van der Waals surface area contributed by atoms with E-state index in [4.69, 9.17) is 0 Å². The van der Waals surface area contributed by atoms with E-state index in [-0.39, 0.29) is 18.3 Å². The molecule has 1 atom stereocenters. The van der Waals surface area contributed by atoms with Crippen LogP contribution in [0.25, 0.3) is 0 Å². The number of thiazole rings is 1. The van der Waals surface area contributed by atoms with E-state index in [1.54, 1.807) is 6.20 Å². The number of piperidine rings is 3. The summed E-state index contributed by atoms with van der Waals surface area (Å²) in [5.41, 5.74) is 0. The summed E-state index contributed by atoms with van der Waals surface area (Å²) in [4.78, 5) is 19.4. The number of halogens is 1. The van der Waals surface area contributed by atoms with E-state index in [1.807, 2.05) is 7.05 Å². The minimum atomic E-state index is 0. The molecule has 2 bridgehead atoms. The average molecular weight is 303 g/mol. The second-order valence-corrected chi connectivity index (χ2v) is 6.03. The van der Waals surface area contributed by atoms with Gasteiger partial charge in [0, 0.05) is 19.6 Å². The number of nitrogens with one attached hydrogen (secondary N) is 2. The van der Waals surface area contributed by atoms with E-state index in [1.165, 1.54) is 37.3 Å². The number of carbonyl (C=O) groups is 1. The first-order valence-corrected chi connectivity index (χ1v) is 7.24. The summed E-state index contributed by atoms with van der Waals surface area (Å²) in [6, 6.07) is 0.320. The number of rotatable bonds is 3. The molecule has 4 rings (SSSR count). The van der Waals surface area contributed by atoms with Gasteiger partial charge in [0.2, 0.25) is 0 Å². The van der Waals surface area contributed by atoms with Crippen LogP contribution in [0.15, 0.2) is 6.20 Å². The number of anilines is 1. The van der Waals surface area contributed by atoms with Crippen LogP contribution in [0, 0.1) is 5.92 Å². The quantitative estimate of drug-likeness (QED) is 0.887. The maximum Gasteiger partial charge on any atom is 0.263 e. The Labute approximate surface area is 123 Å². The predicted molar refractivity (Wildman–Crippen MR) is 79.3 cm³/mol. The van der Waals surface area contributed by atoms with Crippen LogP contribution < -0.4 is 10.6 Å². The molecule has 0 saturated carbocycles. The Morgan fingerprint density at radius 2 is 2.21 bits per heavy atom. The van der Waals surface area contributed by atoms with E-state index >= 15 is 0 Å². The van der Waals surface area contributed by atoms with Crippen LogP contribution in [0.5, 0.6) is 0 Å². The van der Waals surface area contributed by atoms with Crippen molar-refractivity contribution in [3.63, 3.8) is 0 Å². The van der Waals surface area contributed by atoms with Gasteiger partial charge < -0.3 is 15.5 Å². The Morgan fingerprint density at radius 1 is 1.47 bits per heavy atom. The second-order valence-electron chi connectivity index (χ2n) is 5.00. The third-order valence-electron chi connectivity index (χ3n) is 3.92. The number of hydrogen-bond donors (Lipinski definition) is 2. The molecule has 1 amide bonds. The zero-order valence-corrected chi connectivity index (χ0v) is 12.5. The fourth-order valence-electron chi connectivity index (χ4n) is 2.86. The lowest BCUT2D eigenvalue weighted by atomic mass is 9.84. The molecule has 1 aromatic heterocycles. The number of carbonyl (C=O) groups excluding carboxylic acids is 1. The summed E-state index contributed by atoms with van der Waals surface area (Å²) in [7, 11) is 1.81. The molecule has 0 aromatic carbocycles. The first-order chi connectivity index (χ1) is 8.76. The van der Waals surface area contributed by atoms with E-state index in [0.29, 0.717) is 16.8 Å². The molecule has 3 saturated heterocycles. The van der Waals surface area contributed by atoms with Crippen molar-refractivity contribution in [1.82, 2.24) is 15.2 Å². The summed E-state index contributed by atoms with van der Waals surface area (Å²) < 4.78 is 0. The molecule has 3 aliphatic rings. The smallest absolute Gasteiger partial charge is 0.263 e. The lowest BCUT2D eigenvalue weighted by Gasteiger charge is -2.44. The fraction of sp³-hybridized carbons (Fsp3) is 0.667. The third-order valence-corrected chi connectivity index (χ3v) is 4.93. The number of amides is 1. The highest BCUT2D eigenvalue weighted by atomic mass is 35.5. The minimum absolute atomic E-state index is 0. The average Bonchev–Trinajstić information content (AvgIpc) is 2.89. The highest BCUT2D eigenvalue weighted by Crippen LogP contribution is 2.28. The molecule has 0 spiro atoms. The van der Waals surface area contributed by atoms with Crippen LogP contribution in [0.3, 0.4) is 0 Å². The zero-order chi connectivity index (χ0) is 12.5. The summed E-state index contributed by atoms with van der Waals surface area (Å²) in [6.45, 7) is 3.40.